The zero-order chi connectivity index (χ0) is 27.8. The van der Waals surface area contributed by atoms with Gasteiger partial charge < -0.3 is 29.8 Å². The Balaban J connectivity index is 2.93. The Bertz CT molecular complexity index is 1070. The molecule has 0 fully saturated rings. The third-order valence-electron chi connectivity index (χ3n) is 6.42. The molecule has 4 N–H and O–H groups in total. The van der Waals surface area contributed by atoms with Crippen LogP contribution in [0.3, 0.4) is 0 Å². The highest BCUT2D eigenvalue weighted by atomic mass is 16.5. The first-order chi connectivity index (χ1) is 16.6. The lowest BCUT2D eigenvalue weighted by Crippen LogP contribution is -2.36. The number of aromatic nitrogens is 1. The number of aliphatic hydroxyl groups is 3. The van der Waals surface area contributed by atoms with Gasteiger partial charge in [-0.3, -0.25) is 4.79 Å². The Labute approximate surface area is 215 Å². The van der Waals surface area contributed by atoms with Gasteiger partial charge in [0.05, 0.1) is 26.4 Å². The zero-order valence-corrected chi connectivity index (χ0v) is 23.5. The summed E-state index contributed by atoms with van der Waals surface area (Å²) in [6.07, 6.45) is 7.33. The molecule has 1 rings (SSSR count). The number of nitrogens with one attached hydrogen (secondary N) is 1. The second-order valence-corrected chi connectivity index (χ2v) is 10.1. The van der Waals surface area contributed by atoms with Crippen LogP contribution < -0.4 is 14.9 Å². The third kappa shape index (κ3) is 8.80. The molecule has 202 valence electrons. The van der Waals surface area contributed by atoms with Crippen molar-refractivity contribution in [3.8, 4) is 11.6 Å². The van der Waals surface area contributed by atoms with Gasteiger partial charge in [-0.1, -0.05) is 41.9 Å². The molecule has 36 heavy (non-hydrogen) atoms. The van der Waals surface area contributed by atoms with E-state index < -0.39 is 17.8 Å². The fourth-order valence-electron chi connectivity index (χ4n) is 4.09. The van der Waals surface area contributed by atoms with Gasteiger partial charge in [0.2, 0.25) is 17.1 Å². The van der Waals surface area contributed by atoms with Crippen LogP contribution in [-0.4, -0.2) is 52.3 Å². The average molecular weight is 504 g/mol. The standard InChI is InChI=1S/C29H45NO6/c1-17(11-12-24-22(6)26(33)27(35-9)28(30-24)36-10)13-18(2)14-19(3)15-20(4)25(32)21(5)16-29(8,34)23(7)31/h11,14-16,20,23,25,31-32,34H,12-13H2,1-10H3,(H,30,33). The Kier molecular flexibility index (Phi) is 11.9. The molecule has 0 saturated carbocycles. The Morgan fingerprint density at radius 3 is 2.22 bits per heavy atom. The molecule has 4 unspecified atom stereocenters. The molecule has 0 aliphatic carbocycles. The first-order valence-electron chi connectivity index (χ1n) is 12.3. The van der Waals surface area contributed by atoms with Crippen molar-refractivity contribution in [2.75, 3.05) is 14.2 Å². The number of methoxy groups -OCH3 is 2. The first-order valence-corrected chi connectivity index (χ1v) is 12.3. The van der Waals surface area contributed by atoms with E-state index >= 15 is 0 Å². The number of aliphatic hydroxyl groups excluding tert-OH is 2. The van der Waals surface area contributed by atoms with E-state index in [2.05, 4.69) is 31.0 Å². The molecule has 7 nitrogen and oxygen atoms in total. The van der Waals surface area contributed by atoms with E-state index in [1.165, 1.54) is 45.3 Å². The maximum atomic E-state index is 12.5. The lowest BCUT2D eigenvalue weighted by atomic mass is 9.90. The van der Waals surface area contributed by atoms with Crippen LogP contribution in [0, 0.1) is 12.8 Å². The van der Waals surface area contributed by atoms with Gasteiger partial charge in [0, 0.05) is 23.6 Å². The first kappa shape index (κ1) is 31.4. The average Bonchev–Trinajstić information content (AvgIpc) is 2.78. The molecule has 0 aliphatic heterocycles. The number of allylic oxidation sites excluding steroid dienone is 5. The number of hydrogen-bond donors (Lipinski definition) is 4. The summed E-state index contributed by atoms with van der Waals surface area (Å²) in [6, 6.07) is 0. The molecule has 7 heteroatoms. The minimum atomic E-state index is -1.40. The molecular formula is C29H45NO6. The number of H-pyrrole nitrogens is 1. The monoisotopic (exact) mass is 503 g/mol. The van der Waals surface area contributed by atoms with Crippen LogP contribution in [0.4, 0.5) is 0 Å². The van der Waals surface area contributed by atoms with E-state index in [4.69, 9.17) is 9.47 Å². The van der Waals surface area contributed by atoms with E-state index in [9.17, 15) is 20.1 Å². The summed E-state index contributed by atoms with van der Waals surface area (Å²) in [5, 5.41) is 30.7. The van der Waals surface area contributed by atoms with Gasteiger partial charge in [0.15, 0.2) is 0 Å². The van der Waals surface area contributed by atoms with E-state index in [0.717, 1.165) is 17.7 Å². The Morgan fingerprint density at radius 1 is 1.08 bits per heavy atom. The second-order valence-electron chi connectivity index (χ2n) is 10.1. The summed E-state index contributed by atoms with van der Waals surface area (Å²) in [5.41, 5.74) is 3.79. The van der Waals surface area contributed by atoms with Crippen molar-refractivity contribution in [2.24, 2.45) is 5.92 Å². The van der Waals surface area contributed by atoms with E-state index in [-0.39, 0.29) is 17.1 Å². The highest BCUT2D eigenvalue weighted by Gasteiger charge is 2.26. The molecule has 0 amide bonds. The van der Waals surface area contributed by atoms with Gasteiger partial charge in [-0.25, -0.2) is 0 Å². The van der Waals surface area contributed by atoms with Crippen LogP contribution in [0.2, 0.25) is 0 Å². The van der Waals surface area contributed by atoms with Gasteiger partial charge >= 0.3 is 0 Å². The third-order valence-corrected chi connectivity index (χ3v) is 6.42. The van der Waals surface area contributed by atoms with Crippen molar-refractivity contribution in [1.29, 1.82) is 0 Å². The second kappa shape index (κ2) is 13.6. The lowest BCUT2D eigenvalue weighted by molar-refractivity contribution is -0.0168. The molecule has 0 spiro atoms. The molecule has 1 aromatic rings. The SMILES string of the molecule is COc1[nH]c(CC=C(C)CC(C)=CC(C)=CC(C)C(O)C(C)=CC(C)(O)C(C)O)c(C)c(=O)c1OC. The molecule has 4 atom stereocenters. The van der Waals surface area contributed by atoms with Crippen molar-refractivity contribution in [3.05, 3.63) is 68.1 Å². The topological polar surface area (TPSA) is 112 Å². The van der Waals surface area contributed by atoms with Crippen molar-refractivity contribution < 1.29 is 24.8 Å². The van der Waals surface area contributed by atoms with E-state index in [0.29, 0.717) is 23.4 Å². The largest absolute Gasteiger partial charge is 0.488 e. The predicted molar refractivity (Wildman–Crippen MR) is 146 cm³/mol. The fraction of sp³-hybridized carbons (Fsp3) is 0.552. The van der Waals surface area contributed by atoms with Crippen LogP contribution >= 0.6 is 0 Å². The van der Waals surface area contributed by atoms with Crippen LogP contribution in [-0.2, 0) is 6.42 Å². The summed E-state index contributed by atoms with van der Waals surface area (Å²) >= 11 is 0. The highest BCUT2D eigenvalue weighted by molar-refractivity contribution is 5.40. The van der Waals surface area contributed by atoms with Gasteiger partial charge in [-0.15, -0.1) is 0 Å². The quantitative estimate of drug-likeness (QED) is 0.246. The Hall–Kier alpha value is -2.61. The van der Waals surface area contributed by atoms with Gasteiger partial charge in [-0.05, 0) is 66.5 Å². The Morgan fingerprint density at radius 2 is 1.69 bits per heavy atom. The molecular weight excluding hydrogens is 458 g/mol. The number of aromatic amines is 1. The lowest BCUT2D eigenvalue weighted by Gasteiger charge is -2.26. The zero-order valence-electron chi connectivity index (χ0n) is 23.5. The molecule has 0 aromatic carbocycles. The molecule has 0 bridgehead atoms. The van der Waals surface area contributed by atoms with E-state index in [1.54, 1.807) is 13.8 Å². The number of hydrogen-bond acceptors (Lipinski definition) is 6. The smallest absolute Gasteiger partial charge is 0.238 e. The van der Waals surface area contributed by atoms with E-state index in [1.807, 2.05) is 19.9 Å². The normalized spacial score (nSPS) is 17.9. The summed E-state index contributed by atoms with van der Waals surface area (Å²) in [4.78, 5) is 15.7. The molecule has 0 radical (unpaired) electrons. The maximum absolute atomic E-state index is 12.5. The van der Waals surface area contributed by atoms with Gasteiger partial charge in [-0.2, -0.15) is 0 Å². The minimum absolute atomic E-state index is 0.170. The van der Waals surface area contributed by atoms with Crippen LogP contribution in [0.15, 0.2) is 51.4 Å². The van der Waals surface area contributed by atoms with Crippen molar-refractivity contribution in [1.82, 2.24) is 4.98 Å². The van der Waals surface area contributed by atoms with Gasteiger partial charge in [0.1, 0.15) is 5.60 Å². The number of pyridine rings is 1. The molecule has 0 aliphatic rings. The highest BCUT2D eigenvalue weighted by Crippen LogP contribution is 2.23. The molecule has 1 aromatic heterocycles. The maximum Gasteiger partial charge on any atom is 0.238 e. The summed E-state index contributed by atoms with van der Waals surface area (Å²) < 4.78 is 10.4. The van der Waals surface area contributed by atoms with Crippen LogP contribution in [0.1, 0.15) is 66.1 Å². The molecule has 1 heterocycles. The number of rotatable bonds is 12. The predicted octanol–water partition coefficient (Wildman–Crippen LogP) is 4.55. The molecule has 0 saturated heterocycles. The van der Waals surface area contributed by atoms with Crippen molar-refractivity contribution in [2.45, 2.75) is 86.0 Å². The summed E-state index contributed by atoms with van der Waals surface area (Å²) in [5.74, 6) is 0.331. The summed E-state index contributed by atoms with van der Waals surface area (Å²) in [6.45, 7) is 14.6. The van der Waals surface area contributed by atoms with Gasteiger partial charge in [0.25, 0.3) is 0 Å². The van der Waals surface area contributed by atoms with Crippen LogP contribution in [0.25, 0.3) is 0 Å². The van der Waals surface area contributed by atoms with Crippen molar-refractivity contribution >= 4 is 0 Å². The minimum Gasteiger partial charge on any atom is -0.488 e. The number of ether oxygens (including phenoxy) is 2. The van der Waals surface area contributed by atoms with Crippen LogP contribution in [0.5, 0.6) is 11.6 Å². The summed E-state index contributed by atoms with van der Waals surface area (Å²) in [7, 11) is 2.94. The fourth-order valence-corrected chi connectivity index (χ4v) is 4.09. The van der Waals surface area contributed by atoms with Crippen molar-refractivity contribution in [3.63, 3.8) is 0 Å².